The molecule has 0 atom stereocenters. The zero-order valence-corrected chi connectivity index (χ0v) is 17.4. The fourth-order valence-electron chi connectivity index (χ4n) is 4.62. The SMILES string of the molecule is CON=C1CCCc2nc(-c3ccc(C4(N)CCC4)cc3)c(-c3ccccc3)cc21. The highest BCUT2D eigenvalue weighted by atomic mass is 16.6. The van der Waals surface area contributed by atoms with E-state index in [1.54, 1.807) is 7.11 Å². The van der Waals surface area contributed by atoms with Crippen LogP contribution in [0.25, 0.3) is 22.4 Å². The Labute approximate surface area is 177 Å². The predicted octanol–water partition coefficient (Wildman–Crippen LogP) is 5.44. The molecule has 4 nitrogen and oxygen atoms in total. The van der Waals surface area contributed by atoms with E-state index in [9.17, 15) is 0 Å². The van der Waals surface area contributed by atoms with Gasteiger partial charge in [0.15, 0.2) is 0 Å². The lowest BCUT2D eigenvalue weighted by molar-refractivity contribution is 0.212. The van der Waals surface area contributed by atoms with Crippen molar-refractivity contribution in [2.24, 2.45) is 10.9 Å². The quantitative estimate of drug-likeness (QED) is 0.596. The largest absolute Gasteiger partial charge is 0.399 e. The molecule has 2 aliphatic carbocycles. The number of pyridine rings is 1. The number of oxime groups is 1. The number of hydrogen-bond donors (Lipinski definition) is 1. The van der Waals surface area contributed by atoms with Crippen molar-refractivity contribution in [1.29, 1.82) is 0 Å². The molecule has 0 unspecified atom stereocenters. The van der Waals surface area contributed by atoms with Gasteiger partial charge >= 0.3 is 0 Å². The van der Waals surface area contributed by atoms with Crippen LogP contribution in [0.5, 0.6) is 0 Å². The van der Waals surface area contributed by atoms with E-state index < -0.39 is 0 Å². The Balaban J connectivity index is 1.64. The predicted molar refractivity (Wildman–Crippen MR) is 121 cm³/mol. The molecule has 1 fully saturated rings. The van der Waals surface area contributed by atoms with Gasteiger partial charge in [0.25, 0.3) is 0 Å². The van der Waals surface area contributed by atoms with Crippen LogP contribution >= 0.6 is 0 Å². The lowest BCUT2D eigenvalue weighted by Gasteiger charge is -2.38. The van der Waals surface area contributed by atoms with Crippen LogP contribution in [0.4, 0.5) is 0 Å². The first-order valence-electron chi connectivity index (χ1n) is 10.8. The number of rotatable bonds is 4. The molecule has 1 saturated carbocycles. The fraction of sp³-hybridized carbons (Fsp3) is 0.308. The van der Waals surface area contributed by atoms with Gasteiger partial charge in [-0.2, -0.15) is 0 Å². The van der Waals surface area contributed by atoms with Crippen LogP contribution in [0.15, 0.2) is 65.8 Å². The second-order valence-corrected chi connectivity index (χ2v) is 8.41. The molecule has 1 aromatic heterocycles. The van der Waals surface area contributed by atoms with E-state index in [0.717, 1.165) is 71.5 Å². The number of hydrogen-bond acceptors (Lipinski definition) is 4. The normalized spacial score (nSPS) is 18.5. The van der Waals surface area contributed by atoms with Gasteiger partial charge in [-0.15, -0.1) is 0 Å². The number of fused-ring (bicyclic) bond motifs is 1. The van der Waals surface area contributed by atoms with Gasteiger partial charge in [-0.05, 0) is 55.7 Å². The lowest BCUT2D eigenvalue weighted by atomic mass is 9.72. The average molecular weight is 398 g/mol. The van der Waals surface area contributed by atoms with Crippen molar-refractivity contribution in [2.75, 3.05) is 7.11 Å². The van der Waals surface area contributed by atoms with Gasteiger partial charge in [-0.3, -0.25) is 4.98 Å². The summed E-state index contributed by atoms with van der Waals surface area (Å²) in [5.41, 5.74) is 15.2. The molecule has 30 heavy (non-hydrogen) atoms. The number of aromatic nitrogens is 1. The van der Waals surface area contributed by atoms with Crippen molar-refractivity contribution in [3.63, 3.8) is 0 Å². The summed E-state index contributed by atoms with van der Waals surface area (Å²) in [6, 6.07) is 21.4. The van der Waals surface area contributed by atoms with Crippen molar-refractivity contribution in [3.8, 4) is 22.4 Å². The van der Waals surface area contributed by atoms with E-state index >= 15 is 0 Å². The molecule has 2 N–H and O–H groups in total. The lowest BCUT2D eigenvalue weighted by Crippen LogP contribution is -2.43. The van der Waals surface area contributed by atoms with Gasteiger partial charge in [-0.1, -0.05) is 59.8 Å². The highest BCUT2D eigenvalue weighted by Gasteiger charge is 2.34. The van der Waals surface area contributed by atoms with Crippen LogP contribution in [0.1, 0.15) is 48.9 Å². The standard InChI is InChI=1S/C26H27N3O/c1-30-29-24-10-5-9-23-22(24)17-21(18-7-3-2-4-8-18)25(28-23)19-11-13-20(14-12-19)26(27)15-6-16-26/h2-4,7-8,11-14,17H,5-6,9-10,15-16,27H2,1H3. The zero-order chi connectivity index (χ0) is 20.6. The minimum atomic E-state index is -0.143. The molecule has 2 aromatic carbocycles. The summed E-state index contributed by atoms with van der Waals surface area (Å²) < 4.78 is 0. The maximum atomic E-state index is 6.53. The molecule has 5 rings (SSSR count). The second-order valence-electron chi connectivity index (χ2n) is 8.41. The first-order valence-corrected chi connectivity index (χ1v) is 10.8. The summed E-state index contributed by atoms with van der Waals surface area (Å²) in [5, 5.41) is 4.28. The van der Waals surface area contributed by atoms with Gasteiger partial charge < -0.3 is 10.6 Å². The van der Waals surface area contributed by atoms with E-state index in [-0.39, 0.29) is 5.54 Å². The molecule has 0 bridgehead atoms. The van der Waals surface area contributed by atoms with Crippen molar-refractivity contribution in [1.82, 2.24) is 4.98 Å². The molecule has 0 aliphatic heterocycles. The summed E-state index contributed by atoms with van der Waals surface area (Å²) in [7, 11) is 1.61. The summed E-state index contributed by atoms with van der Waals surface area (Å²) in [5.74, 6) is 0. The summed E-state index contributed by atoms with van der Waals surface area (Å²) in [6.07, 6.45) is 6.28. The minimum absolute atomic E-state index is 0.143. The van der Waals surface area contributed by atoms with E-state index in [4.69, 9.17) is 15.6 Å². The summed E-state index contributed by atoms with van der Waals surface area (Å²) >= 11 is 0. The maximum absolute atomic E-state index is 6.53. The minimum Gasteiger partial charge on any atom is -0.399 e. The first-order chi connectivity index (χ1) is 14.7. The van der Waals surface area contributed by atoms with Gasteiger partial charge in [0, 0.05) is 22.2 Å². The Morgan fingerprint density at radius 1 is 0.900 bits per heavy atom. The molecule has 0 spiro atoms. The Hall–Kier alpha value is -2.98. The third-order valence-corrected chi connectivity index (χ3v) is 6.50. The average Bonchev–Trinajstić information content (AvgIpc) is 2.78. The molecule has 3 aromatic rings. The van der Waals surface area contributed by atoms with E-state index in [0.29, 0.717) is 0 Å². The summed E-state index contributed by atoms with van der Waals surface area (Å²) in [4.78, 5) is 10.3. The van der Waals surface area contributed by atoms with Crippen molar-refractivity contribution in [2.45, 2.75) is 44.1 Å². The van der Waals surface area contributed by atoms with Crippen LogP contribution in [0.2, 0.25) is 0 Å². The van der Waals surface area contributed by atoms with Crippen LogP contribution in [0.3, 0.4) is 0 Å². The van der Waals surface area contributed by atoms with Crippen LogP contribution < -0.4 is 5.73 Å². The number of aryl methyl sites for hydroxylation is 1. The molecular formula is C26H27N3O. The Bertz CT molecular complexity index is 1080. The number of benzene rings is 2. The molecule has 2 aliphatic rings. The molecule has 0 radical (unpaired) electrons. The second kappa shape index (κ2) is 7.69. The molecule has 0 amide bonds. The van der Waals surface area contributed by atoms with E-state index in [1.807, 2.05) is 6.07 Å². The van der Waals surface area contributed by atoms with Crippen molar-refractivity contribution < 1.29 is 4.84 Å². The molecule has 0 saturated heterocycles. The third-order valence-electron chi connectivity index (χ3n) is 6.50. The fourth-order valence-corrected chi connectivity index (χ4v) is 4.62. The maximum Gasteiger partial charge on any atom is 0.106 e. The molecular weight excluding hydrogens is 370 g/mol. The van der Waals surface area contributed by atoms with Crippen LogP contribution in [-0.4, -0.2) is 17.8 Å². The molecule has 1 heterocycles. The van der Waals surface area contributed by atoms with Gasteiger partial charge in [0.05, 0.1) is 17.1 Å². The number of nitrogens with two attached hydrogens (primary N) is 1. The Kier molecular flexibility index (Phi) is 4.87. The van der Waals surface area contributed by atoms with Crippen LogP contribution in [-0.2, 0) is 16.8 Å². The van der Waals surface area contributed by atoms with Crippen molar-refractivity contribution in [3.05, 3.63) is 77.5 Å². The molecule has 4 heteroatoms. The number of nitrogens with zero attached hydrogens (tertiary/aromatic N) is 2. The van der Waals surface area contributed by atoms with Crippen LogP contribution in [0, 0.1) is 0 Å². The van der Waals surface area contributed by atoms with E-state index in [1.165, 1.54) is 12.0 Å². The topological polar surface area (TPSA) is 60.5 Å². The van der Waals surface area contributed by atoms with Crippen molar-refractivity contribution >= 4 is 5.71 Å². The van der Waals surface area contributed by atoms with Gasteiger partial charge in [0.2, 0.25) is 0 Å². The molecule has 152 valence electrons. The smallest absolute Gasteiger partial charge is 0.106 e. The Morgan fingerprint density at radius 3 is 2.33 bits per heavy atom. The van der Waals surface area contributed by atoms with E-state index in [2.05, 4.69) is 59.8 Å². The zero-order valence-electron chi connectivity index (χ0n) is 17.4. The summed E-state index contributed by atoms with van der Waals surface area (Å²) in [6.45, 7) is 0. The monoisotopic (exact) mass is 397 g/mol. The van der Waals surface area contributed by atoms with Gasteiger partial charge in [0.1, 0.15) is 7.11 Å². The Morgan fingerprint density at radius 2 is 1.67 bits per heavy atom. The highest BCUT2D eigenvalue weighted by molar-refractivity contribution is 6.03. The third kappa shape index (κ3) is 3.31. The van der Waals surface area contributed by atoms with Gasteiger partial charge in [-0.25, -0.2) is 0 Å². The first kappa shape index (κ1) is 19.0. The highest BCUT2D eigenvalue weighted by Crippen LogP contribution is 2.40.